The molecule has 2 saturated carbocycles. The zero-order chi connectivity index (χ0) is 24.5. The molecule has 0 spiro atoms. The van der Waals surface area contributed by atoms with Gasteiger partial charge in [-0.15, -0.1) is 11.3 Å². The molecule has 1 aromatic carbocycles. The van der Waals surface area contributed by atoms with Gasteiger partial charge in [0.25, 0.3) is 5.91 Å². The van der Waals surface area contributed by atoms with Crippen LogP contribution >= 0.6 is 11.3 Å². The molecule has 2 atom stereocenters. The van der Waals surface area contributed by atoms with Crippen LogP contribution in [0.2, 0.25) is 0 Å². The molecular weight excluding hydrogens is 462 g/mol. The van der Waals surface area contributed by atoms with Gasteiger partial charge < -0.3 is 10.1 Å². The molecule has 6 nitrogen and oxygen atoms in total. The first kappa shape index (κ1) is 23.9. The SMILES string of the molecule is Cc1ccc(C(=O)c2c(NC(=O)COC(=O)C3C[C@@H]4CCC[C@@H](C3)C4=O)sc3c2CCCC3)cc1. The highest BCUT2D eigenvalue weighted by molar-refractivity contribution is 7.17. The Morgan fingerprint density at radius 1 is 1.00 bits per heavy atom. The van der Waals surface area contributed by atoms with Crippen molar-refractivity contribution in [3.63, 3.8) is 0 Å². The van der Waals surface area contributed by atoms with Crippen molar-refractivity contribution in [2.24, 2.45) is 17.8 Å². The number of nitrogens with one attached hydrogen (secondary N) is 1. The largest absolute Gasteiger partial charge is 0.455 e. The number of hydrogen-bond donors (Lipinski definition) is 1. The fourth-order valence-electron chi connectivity index (χ4n) is 5.83. The lowest BCUT2D eigenvalue weighted by Crippen LogP contribution is -2.40. The van der Waals surface area contributed by atoms with Gasteiger partial charge >= 0.3 is 5.97 Å². The van der Waals surface area contributed by atoms with E-state index in [9.17, 15) is 19.2 Å². The van der Waals surface area contributed by atoms with Crippen LogP contribution in [-0.4, -0.2) is 30.0 Å². The maximum absolute atomic E-state index is 13.4. The monoisotopic (exact) mass is 493 g/mol. The summed E-state index contributed by atoms with van der Waals surface area (Å²) >= 11 is 1.46. The molecular formula is C28H31NO5S. The van der Waals surface area contributed by atoms with Crippen molar-refractivity contribution in [2.45, 2.75) is 64.7 Å². The Morgan fingerprint density at radius 2 is 1.69 bits per heavy atom. The number of anilines is 1. The molecule has 1 amide bonds. The number of rotatable bonds is 6. The summed E-state index contributed by atoms with van der Waals surface area (Å²) in [6.45, 7) is 1.59. The molecule has 0 aliphatic heterocycles. The normalized spacial score (nSPS) is 23.3. The van der Waals surface area contributed by atoms with Crippen LogP contribution in [0.3, 0.4) is 0 Å². The predicted molar refractivity (Wildman–Crippen MR) is 134 cm³/mol. The summed E-state index contributed by atoms with van der Waals surface area (Å²) in [5.41, 5.74) is 3.29. The highest BCUT2D eigenvalue weighted by atomic mass is 32.1. The molecule has 7 heteroatoms. The van der Waals surface area contributed by atoms with Gasteiger partial charge in [-0.2, -0.15) is 0 Å². The molecule has 3 aliphatic rings. The minimum absolute atomic E-state index is 0.0401. The summed E-state index contributed by atoms with van der Waals surface area (Å²) in [6.07, 6.45) is 7.62. The molecule has 1 N–H and O–H groups in total. The predicted octanol–water partition coefficient (Wildman–Crippen LogP) is 5.04. The molecule has 2 bridgehead atoms. The van der Waals surface area contributed by atoms with Gasteiger partial charge in [-0.1, -0.05) is 36.2 Å². The lowest BCUT2D eigenvalue weighted by atomic mass is 9.67. The Labute approximate surface area is 209 Å². The number of ether oxygens (including phenoxy) is 1. The van der Waals surface area contributed by atoms with E-state index in [-0.39, 0.29) is 30.1 Å². The molecule has 3 aliphatic carbocycles. The molecule has 2 aromatic rings. The van der Waals surface area contributed by atoms with Crippen molar-refractivity contribution in [3.8, 4) is 0 Å². The molecule has 0 unspecified atom stereocenters. The number of benzene rings is 1. The lowest BCUT2D eigenvalue weighted by molar-refractivity contribution is -0.155. The molecule has 35 heavy (non-hydrogen) atoms. The van der Waals surface area contributed by atoms with E-state index >= 15 is 0 Å². The van der Waals surface area contributed by atoms with Gasteiger partial charge in [-0.05, 0) is 63.9 Å². The third-order valence-corrected chi connectivity index (χ3v) is 8.90. The second kappa shape index (κ2) is 10.1. The second-order valence-corrected chi connectivity index (χ2v) is 11.3. The lowest BCUT2D eigenvalue weighted by Gasteiger charge is -2.36. The molecule has 2 fully saturated rings. The Balaban J connectivity index is 1.26. The van der Waals surface area contributed by atoms with E-state index in [0.29, 0.717) is 34.8 Å². The fraction of sp³-hybridized carbons (Fsp3) is 0.500. The number of aryl methyl sites for hydroxylation is 2. The zero-order valence-electron chi connectivity index (χ0n) is 20.1. The first-order valence-electron chi connectivity index (χ1n) is 12.7. The van der Waals surface area contributed by atoms with E-state index in [4.69, 9.17) is 4.74 Å². The third kappa shape index (κ3) is 4.96. The van der Waals surface area contributed by atoms with Crippen LogP contribution < -0.4 is 5.32 Å². The Kier molecular flexibility index (Phi) is 6.87. The standard InChI is InChI=1S/C28H31NO5S/c1-16-9-11-17(12-10-16)26(32)24-21-7-2-3-8-22(21)35-27(24)29-23(30)15-34-28(33)20-13-18-5-4-6-19(14-20)25(18)31/h9-12,18-20H,2-8,13-15H2,1H3,(H,29,30)/t18-,19-/m0/s1. The van der Waals surface area contributed by atoms with Crippen molar-refractivity contribution >= 4 is 39.8 Å². The number of esters is 1. The molecule has 1 heterocycles. The summed E-state index contributed by atoms with van der Waals surface area (Å²) in [7, 11) is 0. The van der Waals surface area contributed by atoms with Gasteiger partial charge in [0.2, 0.25) is 0 Å². The maximum Gasteiger partial charge on any atom is 0.309 e. The quantitative estimate of drug-likeness (QED) is 0.450. The first-order chi connectivity index (χ1) is 16.9. The summed E-state index contributed by atoms with van der Waals surface area (Å²) in [4.78, 5) is 52.3. The summed E-state index contributed by atoms with van der Waals surface area (Å²) in [5.74, 6) is -1.03. The van der Waals surface area contributed by atoms with Crippen molar-refractivity contribution in [2.75, 3.05) is 11.9 Å². The average Bonchev–Trinajstić information content (AvgIpc) is 3.20. The highest BCUT2D eigenvalue weighted by Crippen LogP contribution is 2.41. The van der Waals surface area contributed by atoms with Crippen LogP contribution in [0.1, 0.15) is 76.9 Å². The second-order valence-electron chi connectivity index (χ2n) is 10.2. The summed E-state index contributed by atoms with van der Waals surface area (Å²) in [5, 5.41) is 3.41. The number of carbonyl (C=O) groups excluding carboxylic acids is 4. The van der Waals surface area contributed by atoms with Gasteiger partial charge in [0.05, 0.1) is 11.5 Å². The minimum Gasteiger partial charge on any atom is -0.455 e. The number of Topliss-reactive ketones (excluding diaryl/α,β-unsaturated/α-hetero) is 1. The van der Waals surface area contributed by atoms with Gasteiger partial charge in [-0.3, -0.25) is 19.2 Å². The first-order valence-corrected chi connectivity index (χ1v) is 13.5. The Bertz CT molecular complexity index is 1150. The van der Waals surface area contributed by atoms with E-state index < -0.39 is 11.9 Å². The van der Waals surface area contributed by atoms with E-state index in [0.717, 1.165) is 60.9 Å². The highest BCUT2D eigenvalue weighted by Gasteiger charge is 2.42. The van der Waals surface area contributed by atoms with Crippen LogP contribution in [0.5, 0.6) is 0 Å². The van der Waals surface area contributed by atoms with Crippen LogP contribution in [0, 0.1) is 24.7 Å². The van der Waals surface area contributed by atoms with Crippen LogP contribution in [0.4, 0.5) is 5.00 Å². The molecule has 0 radical (unpaired) electrons. The van der Waals surface area contributed by atoms with Gasteiger partial charge in [0, 0.05) is 22.3 Å². The zero-order valence-corrected chi connectivity index (χ0v) is 20.9. The number of ketones is 2. The average molecular weight is 494 g/mol. The number of thiophene rings is 1. The van der Waals surface area contributed by atoms with E-state index in [1.807, 2.05) is 31.2 Å². The minimum atomic E-state index is -0.443. The molecule has 1 aromatic heterocycles. The molecule has 5 rings (SSSR count). The molecule has 0 saturated heterocycles. The van der Waals surface area contributed by atoms with Crippen molar-refractivity contribution in [3.05, 3.63) is 51.4 Å². The van der Waals surface area contributed by atoms with E-state index in [1.54, 1.807) is 0 Å². The van der Waals surface area contributed by atoms with Gasteiger partial charge in [0.15, 0.2) is 12.4 Å². The maximum atomic E-state index is 13.4. The van der Waals surface area contributed by atoms with Crippen LogP contribution in [-0.2, 0) is 32.0 Å². The van der Waals surface area contributed by atoms with Gasteiger partial charge in [-0.25, -0.2) is 0 Å². The van der Waals surface area contributed by atoms with Gasteiger partial charge in [0.1, 0.15) is 10.8 Å². The van der Waals surface area contributed by atoms with E-state index in [1.165, 1.54) is 11.3 Å². The van der Waals surface area contributed by atoms with Crippen molar-refractivity contribution in [1.29, 1.82) is 0 Å². The number of amides is 1. The number of fused-ring (bicyclic) bond motifs is 3. The van der Waals surface area contributed by atoms with Crippen LogP contribution in [0.15, 0.2) is 24.3 Å². The number of carbonyl (C=O) groups is 4. The Hall–Kier alpha value is -2.80. The molecule has 184 valence electrons. The number of hydrogen-bond acceptors (Lipinski definition) is 6. The Morgan fingerprint density at radius 3 is 2.40 bits per heavy atom. The van der Waals surface area contributed by atoms with Crippen molar-refractivity contribution in [1.82, 2.24) is 0 Å². The fourth-order valence-corrected chi connectivity index (χ4v) is 7.14. The third-order valence-electron chi connectivity index (χ3n) is 7.69. The topological polar surface area (TPSA) is 89.5 Å². The van der Waals surface area contributed by atoms with E-state index in [2.05, 4.69) is 5.32 Å². The van der Waals surface area contributed by atoms with Crippen molar-refractivity contribution < 1.29 is 23.9 Å². The summed E-state index contributed by atoms with van der Waals surface area (Å²) < 4.78 is 5.37. The smallest absolute Gasteiger partial charge is 0.309 e. The van der Waals surface area contributed by atoms with Crippen LogP contribution in [0.25, 0.3) is 0 Å². The summed E-state index contributed by atoms with van der Waals surface area (Å²) in [6, 6.07) is 7.47.